The van der Waals surface area contributed by atoms with Gasteiger partial charge in [0.2, 0.25) is 0 Å². The molecule has 0 aliphatic heterocycles. The largest absolute Gasteiger partial charge is 0.573 e. The summed E-state index contributed by atoms with van der Waals surface area (Å²) in [6, 6.07) is 5.43. The maximum absolute atomic E-state index is 12.0. The van der Waals surface area contributed by atoms with Crippen LogP contribution in [0.1, 0.15) is 28.8 Å². The van der Waals surface area contributed by atoms with Crippen molar-refractivity contribution in [2.45, 2.75) is 19.7 Å². The molecule has 2 rings (SSSR count). The van der Waals surface area contributed by atoms with E-state index in [1.807, 2.05) is 0 Å². The molecule has 0 amide bonds. The van der Waals surface area contributed by atoms with Crippen molar-refractivity contribution in [3.8, 4) is 5.75 Å². The summed E-state index contributed by atoms with van der Waals surface area (Å²) in [5.41, 5.74) is 0.952. The fourth-order valence-electron chi connectivity index (χ4n) is 1.77. The number of nitrogens with one attached hydrogen (secondary N) is 1. The molecule has 22 heavy (non-hydrogen) atoms. The Hall–Kier alpha value is -2.51. The fourth-order valence-corrected chi connectivity index (χ4v) is 1.77. The van der Waals surface area contributed by atoms with Gasteiger partial charge in [0, 0.05) is 6.42 Å². The Balaban J connectivity index is 2.00. The summed E-state index contributed by atoms with van der Waals surface area (Å²) in [4.78, 5) is 18.3. The average Bonchev–Trinajstić information content (AvgIpc) is 2.88. The Morgan fingerprint density at radius 1 is 1.27 bits per heavy atom. The summed E-state index contributed by atoms with van der Waals surface area (Å²) in [7, 11) is 0. The standard InChI is InChI=1S/C14H13F3N2O3/c1-2-21-13(20)11-8-18-12(19-11)7-9-3-5-10(6-4-9)22-14(15,16)17/h3-6,8H,2,7H2,1H3,(H,18,19). The number of alkyl halides is 3. The molecule has 0 spiro atoms. The van der Waals surface area contributed by atoms with E-state index in [0.29, 0.717) is 12.2 Å². The maximum atomic E-state index is 12.0. The molecule has 0 unspecified atom stereocenters. The molecule has 0 fully saturated rings. The molecule has 5 nitrogen and oxygen atoms in total. The summed E-state index contributed by atoms with van der Waals surface area (Å²) in [6.45, 7) is 1.95. The minimum absolute atomic E-state index is 0.230. The van der Waals surface area contributed by atoms with Crippen LogP contribution in [0.5, 0.6) is 5.75 Å². The van der Waals surface area contributed by atoms with Crippen molar-refractivity contribution in [3.05, 3.63) is 47.5 Å². The van der Waals surface area contributed by atoms with Gasteiger partial charge < -0.3 is 14.5 Å². The lowest BCUT2D eigenvalue weighted by Crippen LogP contribution is -2.17. The molecule has 1 N–H and O–H groups in total. The molecule has 0 saturated heterocycles. The molecule has 0 bridgehead atoms. The number of rotatable bonds is 5. The van der Waals surface area contributed by atoms with Gasteiger partial charge in [-0.1, -0.05) is 12.1 Å². The van der Waals surface area contributed by atoms with Gasteiger partial charge in [-0.15, -0.1) is 13.2 Å². The van der Waals surface area contributed by atoms with Crippen LogP contribution in [0.4, 0.5) is 13.2 Å². The van der Waals surface area contributed by atoms with Crippen molar-refractivity contribution < 1.29 is 27.4 Å². The number of aromatic nitrogens is 2. The number of imidazole rings is 1. The molecule has 2 aromatic rings. The van der Waals surface area contributed by atoms with Crippen LogP contribution in [0.2, 0.25) is 0 Å². The molecule has 1 heterocycles. The predicted octanol–water partition coefficient (Wildman–Crippen LogP) is 3.08. The highest BCUT2D eigenvalue weighted by Gasteiger charge is 2.30. The second kappa shape index (κ2) is 6.50. The highest BCUT2D eigenvalue weighted by molar-refractivity contribution is 5.86. The van der Waals surface area contributed by atoms with E-state index >= 15 is 0 Å². The summed E-state index contributed by atoms with van der Waals surface area (Å²) in [5, 5.41) is 0. The van der Waals surface area contributed by atoms with Crippen LogP contribution in [-0.2, 0) is 11.2 Å². The quantitative estimate of drug-likeness (QED) is 0.862. The Labute approximate surface area is 124 Å². The normalized spacial score (nSPS) is 11.3. The van der Waals surface area contributed by atoms with Gasteiger partial charge in [-0.25, -0.2) is 9.78 Å². The van der Waals surface area contributed by atoms with Crippen molar-refractivity contribution in [1.29, 1.82) is 0 Å². The Bertz CT molecular complexity index is 636. The number of hydrogen-bond donors (Lipinski definition) is 1. The van der Waals surface area contributed by atoms with Crippen molar-refractivity contribution in [2.75, 3.05) is 6.61 Å². The van der Waals surface area contributed by atoms with Gasteiger partial charge in [0.25, 0.3) is 0 Å². The van der Waals surface area contributed by atoms with Crippen LogP contribution in [0.3, 0.4) is 0 Å². The number of aromatic amines is 1. The highest BCUT2D eigenvalue weighted by Crippen LogP contribution is 2.23. The van der Waals surface area contributed by atoms with Crippen LogP contribution in [0.25, 0.3) is 0 Å². The zero-order valence-corrected chi connectivity index (χ0v) is 11.6. The highest BCUT2D eigenvalue weighted by atomic mass is 19.4. The van der Waals surface area contributed by atoms with E-state index < -0.39 is 12.3 Å². The Morgan fingerprint density at radius 2 is 1.95 bits per heavy atom. The molecule has 1 aromatic heterocycles. The molecule has 1 aromatic carbocycles. The first-order valence-electron chi connectivity index (χ1n) is 6.43. The minimum Gasteiger partial charge on any atom is -0.461 e. The maximum Gasteiger partial charge on any atom is 0.573 e. The number of nitrogens with zero attached hydrogens (tertiary/aromatic N) is 1. The van der Waals surface area contributed by atoms with Gasteiger partial charge >= 0.3 is 12.3 Å². The Kier molecular flexibility index (Phi) is 4.69. The monoisotopic (exact) mass is 314 g/mol. The summed E-state index contributed by atoms with van der Waals surface area (Å²) >= 11 is 0. The van der Waals surface area contributed by atoms with Crippen LogP contribution < -0.4 is 4.74 Å². The van der Waals surface area contributed by atoms with E-state index in [1.54, 1.807) is 6.92 Å². The average molecular weight is 314 g/mol. The molecule has 0 atom stereocenters. The summed E-state index contributed by atoms with van der Waals surface area (Å²) in [6.07, 6.45) is -3.02. The number of ether oxygens (including phenoxy) is 2. The van der Waals surface area contributed by atoms with E-state index in [-0.39, 0.29) is 18.1 Å². The predicted molar refractivity (Wildman–Crippen MR) is 70.5 cm³/mol. The lowest BCUT2D eigenvalue weighted by Gasteiger charge is -2.08. The molecular weight excluding hydrogens is 301 g/mol. The SMILES string of the molecule is CCOC(=O)c1cnc(Cc2ccc(OC(F)(F)F)cc2)[nH]1. The zero-order chi connectivity index (χ0) is 16.2. The van der Waals surface area contributed by atoms with Gasteiger partial charge in [0.05, 0.1) is 12.8 Å². The van der Waals surface area contributed by atoms with Crippen molar-refractivity contribution in [2.24, 2.45) is 0 Å². The second-order valence-electron chi connectivity index (χ2n) is 4.33. The summed E-state index contributed by atoms with van der Waals surface area (Å²) in [5.74, 6) is -0.286. The first-order chi connectivity index (χ1) is 10.4. The molecule has 118 valence electrons. The molecular formula is C14H13F3N2O3. The van der Waals surface area contributed by atoms with E-state index in [0.717, 1.165) is 5.56 Å². The van der Waals surface area contributed by atoms with E-state index in [1.165, 1.54) is 30.5 Å². The molecule has 0 saturated carbocycles. The second-order valence-corrected chi connectivity index (χ2v) is 4.33. The van der Waals surface area contributed by atoms with E-state index in [9.17, 15) is 18.0 Å². The third kappa shape index (κ3) is 4.51. The van der Waals surface area contributed by atoms with Crippen LogP contribution in [-0.4, -0.2) is 28.9 Å². The lowest BCUT2D eigenvalue weighted by molar-refractivity contribution is -0.274. The fraction of sp³-hybridized carbons (Fsp3) is 0.286. The van der Waals surface area contributed by atoms with Crippen molar-refractivity contribution in [1.82, 2.24) is 9.97 Å². The van der Waals surface area contributed by atoms with Gasteiger partial charge in [-0.05, 0) is 24.6 Å². The van der Waals surface area contributed by atoms with Gasteiger partial charge in [-0.3, -0.25) is 0 Å². The van der Waals surface area contributed by atoms with Crippen molar-refractivity contribution in [3.63, 3.8) is 0 Å². The third-order valence-corrected chi connectivity index (χ3v) is 2.65. The van der Waals surface area contributed by atoms with Crippen LogP contribution in [0, 0.1) is 0 Å². The first-order valence-corrected chi connectivity index (χ1v) is 6.43. The number of hydrogen-bond acceptors (Lipinski definition) is 4. The molecule has 0 radical (unpaired) electrons. The number of halogens is 3. The van der Waals surface area contributed by atoms with E-state index in [4.69, 9.17) is 4.74 Å². The van der Waals surface area contributed by atoms with Crippen LogP contribution >= 0.6 is 0 Å². The first kappa shape index (κ1) is 15.9. The van der Waals surface area contributed by atoms with Gasteiger partial charge in [0.1, 0.15) is 17.3 Å². The number of carbonyl (C=O) groups excluding carboxylic acids is 1. The minimum atomic E-state index is -4.71. The topological polar surface area (TPSA) is 64.2 Å². The molecule has 8 heteroatoms. The van der Waals surface area contributed by atoms with Gasteiger partial charge in [-0.2, -0.15) is 0 Å². The number of benzene rings is 1. The lowest BCUT2D eigenvalue weighted by atomic mass is 10.1. The smallest absolute Gasteiger partial charge is 0.461 e. The van der Waals surface area contributed by atoms with E-state index in [2.05, 4.69) is 14.7 Å². The molecule has 0 aliphatic carbocycles. The summed E-state index contributed by atoms with van der Waals surface area (Å²) < 4.78 is 44.8. The Morgan fingerprint density at radius 3 is 2.55 bits per heavy atom. The van der Waals surface area contributed by atoms with Crippen LogP contribution in [0.15, 0.2) is 30.5 Å². The number of esters is 1. The number of carbonyl (C=O) groups is 1. The third-order valence-electron chi connectivity index (χ3n) is 2.65. The zero-order valence-electron chi connectivity index (χ0n) is 11.6. The van der Waals surface area contributed by atoms with Gasteiger partial charge in [0.15, 0.2) is 0 Å². The van der Waals surface area contributed by atoms with Crippen molar-refractivity contribution >= 4 is 5.97 Å². The number of H-pyrrole nitrogens is 1. The molecule has 0 aliphatic rings.